The Balaban J connectivity index is 1.66. The Bertz CT molecular complexity index is 1090. The van der Waals surface area contributed by atoms with Crippen molar-refractivity contribution in [1.82, 2.24) is 0 Å². The first-order chi connectivity index (χ1) is 15.0. The zero-order chi connectivity index (χ0) is 22.2. The van der Waals surface area contributed by atoms with E-state index in [-0.39, 0.29) is 5.69 Å². The quantitative estimate of drug-likeness (QED) is 0.229. The molecule has 0 aliphatic heterocycles. The second kappa shape index (κ2) is 10.7. The predicted molar refractivity (Wildman–Crippen MR) is 123 cm³/mol. The molecule has 0 aliphatic carbocycles. The molecule has 0 saturated heterocycles. The Kier molecular flexibility index (Phi) is 7.70. The highest BCUT2D eigenvalue weighted by molar-refractivity contribution is 6.42. The van der Waals surface area contributed by atoms with Gasteiger partial charge in [0.2, 0.25) is 0 Å². The van der Waals surface area contributed by atoms with Gasteiger partial charge >= 0.3 is 0 Å². The number of hydrazone groups is 1. The van der Waals surface area contributed by atoms with Gasteiger partial charge in [-0.05, 0) is 60.5 Å². The maximum atomic E-state index is 10.7. The van der Waals surface area contributed by atoms with Crippen molar-refractivity contribution in [2.45, 2.75) is 13.5 Å². The van der Waals surface area contributed by atoms with Crippen molar-refractivity contribution in [3.8, 4) is 11.5 Å². The molecule has 0 spiro atoms. The van der Waals surface area contributed by atoms with E-state index in [1.54, 1.807) is 36.5 Å². The highest BCUT2D eigenvalue weighted by Gasteiger charge is 2.08. The molecule has 0 fully saturated rings. The van der Waals surface area contributed by atoms with Crippen molar-refractivity contribution < 1.29 is 14.4 Å². The summed E-state index contributed by atoms with van der Waals surface area (Å²) in [5, 5.41) is 15.8. The van der Waals surface area contributed by atoms with Gasteiger partial charge in [0, 0.05) is 12.1 Å². The van der Waals surface area contributed by atoms with Crippen LogP contribution in [0.15, 0.2) is 65.8 Å². The van der Waals surface area contributed by atoms with Gasteiger partial charge in [-0.2, -0.15) is 5.10 Å². The Morgan fingerprint density at radius 1 is 1.00 bits per heavy atom. The van der Waals surface area contributed by atoms with Gasteiger partial charge in [-0.3, -0.25) is 15.5 Å². The topological polar surface area (TPSA) is 86.0 Å². The number of rotatable bonds is 9. The molecule has 0 radical (unpaired) electrons. The minimum Gasteiger partial charge on any atom is -0.490 e. The first-order valence-electron chi connectivity index (χ1n) is 9.33. The SMILES string of the molecule is CCOc1cc(/C=N/Nc2ccc([N+](=O)[O-])cc2)ccc1OCc1ccc(Cl)c(Cl)c1. The summed E-state index contributed by atoms with van der Waals surface area (Å²) in [6.45, 7) is 2.68. The number of hydrogen-bond acceptors (Lipinski definition) is 6. The van der Waals surface area contributed by atoms with Gasteiger partial charge in [-0.25, -0.2) is 0 Å². The molecule has 0 bridgehead atoms. The molecular weight excluding hydrogens is 441 g/mol. The molecule has 0 aromatic heterocycles. The number of anilines is 1. The molecule has 0 unspecified atom stereocenters. The van der Waals surface area contributed by atoms with Crippen LogP contribution >= 0.6 is 23.2 Å². The van der Waals surface area contributed by atoms with Gasteiger partial charge in [0.15, 0.2) is 11.5 Å². The molecular formula is C22H19Cl2N3O4. The summed E-state index contributed by atoms with van der Waals surface area (Å²) in [6.07, 6.45) is 1.62. The van der Waals surface area contributed by atoms with E-state index < -0.39 is 4.92 Å². The van der Waals surface area contributed by atoms with Crippen LogP contribution in [0.5, 0.6) is 11.5 Å². The normalized spacial score (nSPS) is 10.8. The van der Waals surface area contributed by atoms with Crippen LogP contribution in [0.25, 0.3) is 0 Å². The zero-order valence-electron chi connectivity index (χ0n) is 16.5. The van der Waals surface area contributed by atoms with E-state index in [1.165, 1.54) is 12.1 Å². The number of nitrogens with zero attached hydrogens (tertiary/aromatic N) is 2. The van der Waals surface area contributed by atoms with Gasteiger partial charge in [-0.15, -0.1) is 0 Å². The molecule has 0 saturated carbocycles. The van der Waals surface area contributed by atoms with Gasteiger partial charge < -0.3 is 9.47 Å². The molecule has 3 aromatic rings. The molecule has 160 valence electrons. The highest BCUT2D eigenvalue weighted by Crippen LogP contribution is 2.30. The number of hydrogen-bond donors (Lipinski definition) is 1. The van der Waals surface area contributed by atoms with Crippen LogP contribution in [0.2, 0.25) is 10.0 Å². The molecule has 0 atom stereocenters. The van der Waals surface area contributed by atoms with Crippen LogP contribution < -0.4 is 14.9 Å². The van der Waals surface area contributed by atoms with Crippen molar-refractivity contribution in [2.24, 2.45) is 5.10 Å². The van der Waals surface area contributed by atoms with E-state index in [4.69, 9.17) is 32.7 Å². The molecule has 7 nitrogen and oxygen atoms in total. The first-order valence-corrected chi connectivity index (χ1v) is 10.1. The maximum Gasteiger partial charge on any atom is 0.269 e. The lowest BCUT2D eigenvalue weighted by Gasteiger charge is -2.13. The third-order valence-corrected chi connectivity index (χ3v) is 4.87. The summed E-state index contributed by atoms with van der Waals surface area (Å²) in [5.74, 6) is 1.18. The third kappa shape index (κ3) is 6.34. The summed E-state index contributed by atoms with van der Waals surface area (Å²) >= 11 is 12.0. The maximum absolute atomic E-state index is 10.7. The Labute approximate surface area is 189 Å². The van der Waals surface area contributed by atoms with Gasteiger partial charge in [0.1, 0.15) is 6.61 Å². The van der Waals surface area contributed by atoms with Gasteiger partial charge in [-0.1, -0.05) is 29.3 Å². The lowest BCUT2D eigenvalue weighted by Crippen LogP contribution is -2.01. The van der Waals surface area contributed by atoms with E-state index in [2.05, 4.69) is 10.5 Å². The number of ether oxygens (including phenoxy) is 2. The summed E-state index contributed by atoms with van der Waals surface area (Å²) in [4.78, 5) is 10.3. The fourth-order valence-corrected chi connectivity index (χ4v) is 2.94. The minimum atomic E-state index is -0.451. The summed E-state index contributed by atoms with van der Waals surface area (Å²) in [7, 11) is 0. The predicted octanol–water partition coefficient (Wildman–Crippen LogP) is 6.33. The fraction of sp³-hybridized carbons (Fsp3) is 0.136. The smallest absolute Gasteiger partial charge is 0.269 e. The number of benzene rings is 3. The van der Waals surface area contributed by atoms with E-state index >= 15 is 0 Å². The Morgan fingerprint density at radius 2 is 1.77 bits per heavy atom. The van der Waals surface area contributed by atoms with E-state index in [0.717, 1.165) is 11.1 Å². The van der Waals surface area contributed by atoms with Crippen molar-refractivity contribution in [1.29, 1.82) is 0 Å². The van der Waals surface area contributed by atoms with Crippen molar-refractivity contribution >= 4 is 40.8 Å². The van der Waals surface area contributed by atoms with E-state index in [0.29, 0.717) is 40.4 Å². The van der Waals surface area contributed by atoms with Crippen LogP contribution in [-0.4, -0.2) is 17.7 Å². The minimum absolute atomic E-state index is 0.0207. The van der Waals surface area contributed by atoms with Crippen LogP contribution in [0, 0.1) is 10.1 Å². The Hall–Kier alpha value is -3.29. The van der Waals surface area contributed by atoms with Crippen LogP contribution in [0.1, 0.15) is 18.1 Å². The van der Waals surface area contributed by atoms with Crippen molar-refractivity contribution in [3.63, 3.8) is 0 Å². The van der Waals surface area contributed by atoms with E-state index in [1.807, 2.05) is 25.1 Å². The highest BCUT2D eigenvalue weighted by atomic mass is 35.5. The Morgan fingerprint density at radius 3 is 2.45 bits per heavy atom. The average molecular weight is 460 g/mol. The number of halogens is 2. The van der Waals surface area contributed by atoms with Crippen LogP contribution in [-0.2, 0) is 6.61 Å². The van der Waals surface area contributed by atoms with E-state index in [9.17, 15) is 10.1 Å². The molecule has 1 N–H and O–H groups in total. The monoisotopic (exact) mass is 459 g/mol. The molecule has 0 heterocycles. The van der Waals surface area contributed by atoms with Gasteiger partial charge in [0.25, 0.3) is 5.69 Å². The molecule has 3 rings (SSSR count). The number of nitrogens with one attached hydrogen (secondary N) is 1. The standard InChI is InChI=1S/C22H19Cl2N3O4/c1-2-30-22-12-15(13-25-26-17-5-7-18(8-6-17)27(28)29)4-10-21(22)31-14-16-3-9-19(23)20(24)11-16/h3-13,26H,2,14H2,1H3/b25-13+. The molecule has 0 amide bonds. The van der Waals surface area contributed by atoms with Gasteiger partial charge in [0.05, 0.1) is 33.5 Å². The summed E-state index contributed by atoms with van der Waals surface area (Å²) in [6, 6.07) is 16.8. The number of nitro benzene ring substituents is 1. The van der Waals surface area contributed by atoms with Crippen LogP contribution in [0.3, 0.4) is 0 Å². The molecule has 3 aromatic carbocycles. The zero-order valence-corrected chi connectivity index (χ0v) is 18.1. The lowest BCUT2D eigenvalue weighted by molar-refractivity contribution is -0.384. The lowest BCUT2D eigenvalue weighted by atomic mass is 10.2. The van der Waals surface area contributed by atoms with Crippen molar-refractivity contribution in [3.05, 3.63) is 92.0 Å². The third-order valence-electron chi connectivity index (χ3n) is 4.13. The average Bonchev–Trinajstić information content (AvgIpc) is 2.76. The molecule has 31 heavy (non-hydrogen) atoms. The second-order valence-corrected chi connectivity index (χ2v) is 7.16. The molecule has 9 heteroatoms. The first kappa shape index (κ1) is 22.4. The fourth-order valence-electron chi connectivity index (χ4n) is 2.62. The summed E-state index contributed by atoms with van der Waals surface area (Å²) < 4.78 is 11.6. The van der Waals surface area contributed by atoms with Crippen molar-refractivity contribution in [2.75, 3.05) is 12.0 Å². The summed E-state index contributed by atoms with van der Waals surface area (Å²) in [5.41, 5.74) is 5.16. The largest absolute Gasteiger partial charge is 0.490 e. The molecule has 0 aliphatic rings. The van der Waals surface area contributed by atoms with Crippen LogP contribution in [0.4, 0.5) is 11.4 Å². The number of non-ortho nitro benzene ring substituents is 1. The number of nitro groups is 1. The second-order valence-electron chi connectivity index (χ2n) is 6.35.